The lowest BCUT2D eigenvalue weighted by atomic mass is 10.1. The Hall–Kier alpha value is -1.45. The Morgan fingerprint density at radius 2 is 2.46 bits per heavy atom. The molecule has 0 bridgehead atoms. The molecular weight excluding hydrogens is 171 g/mol. The topological polar surface area (TPSA) is 42.0 Å². The second-order valence-electron chi connectivity index (χ2n) is 3.04. The highest BCUT2D eigenvalue weighted by Crippen LogP contribution is 2.13. The summed E-state index contributed by atoms with van der Waals surface area (Å²) >= 11 is 0. The lowest BCUT2D eigenvalue weighted by Gasteiger charge is -2.15. The molecule has 0 atom stereocenters. The number of carbonyl (C=O) groups excluding carboxylic acids is 1. The van der Waals surface area contributed by atoms with Crippen molar-refractivity contribution >= 4 is 5.91 Å². The minimum atomic E-state index is -0.506. The molecule has 0 aromatic carbocycles. The Bertz CT molecular complexity index is 351. The highest BCUT2D eigenvalue weighted by molar-refractivity contribution is 5.80. The largest absolute Gasteiger partial charge is 0.352 e. The van der Waals surface area contributed by atoms with Crippen LogP contribution in [0, 0.1) is 0 Å². The summed E-state index contributed by atoms with van der Waals surface area (Å²) in [6.45, 7) is -0.0385. The molecule has 68 valence electrons. The number of hydrogen-bond donors (Lipinski definition) is 1. The van der Waals surface area contributed by atoms with E-state index in [0.717, 1.165) is 11.3 Å². The smallest absolute Gasteiger partial charge is 0.226 e. The molecule has 0 saturated heterocycles. The number of rotatable bonds is 1. The van der Waals surface area contributed by atoms with Crippen molar-refractivity contribution < 1.29 is 9.18 Å². The molecule has 2 rings (SSSR count). The van der Waals surface area contributed by atoms with E-state index in [4.69, 9.17) is 0 Å². The second-order valence-corrected chi connectivity index (χ2v) is 3.04. The molecule has 0 spiro atoms. The second kappa shape index (κ2) is 3.12. The number of carbonyl (C=O) groups is 1. The van der Waals surface area contributed by atoms with Gasteiger partial charge in [-0.15, -0.1) is 0 Å². The van der Waals surface area contributed by atoms with Gasteiger partial charge in [0.05, 0.1) is 12.1 Å². The maximum absolute atomic E-state index is 12.2. The van der Waals surface area contributed by atoms with Crippen LogP contribution in [0.2, 0.25) is 0 Å². The zero-order valence-corrected chi connectivity index (χ0v) is 7.01. The Morgan fingerprint density at radius 3 is 3.23 bits per heavy atom. The third-order valence-electron chi connectivity index (χ3n) is 2.07. The van der Waals surface area contributed by atoms with Crippen molar-refractivity contribution in [2.24, 2.45) is 0 Å². The number of aromatic nitrogens is 1. The van der Waals surface area contributed by atoms with Gasteiger partial charge in [0.25, 0.3) is 0 Å². The summed E-state index contributed by atoms with van der Waals surface area (Å²) in [5, 5.41) is 2.69. The highest BCUT2D eigenvalue weighted by atomic mass is 19.1. The number of nitrogens with zero attached hydrogens (tertiary/aromatic N) is 1. The summed E-state index contributed by atoms with van der Waals surface area (Å²) in [5.74, 6) is -0.0204. The van der Waals surface area contributed by atoms with Crippen LogP contribution in [-0.2, 0) is 24.4 Å². The quantitative estimate of drug-likeness (QED) is 0.692. The predicted molar refractivity (Wildman–Crippen MR) is 44.6 cm³/mol. The third kappa shape index (κ3) is 1.52. The molecule has 2 heterocycles. The van der Waals surface area contributed by atoms with Crippen LogP contribution in [0.15, 0.2) is 12.3 Å². The fourth-order valence-corrected chi connectivity index (χ4v) is 1.38. The van der Waals surface area contributed by atoms with Gasteiger partial charge in [0.1, 0.15) is 6.67 Å². The first-order chi connectivity index (χ1) is 6.29. The number of hydrogen-bond acceptors (Lipinski definition) is 2. The van der Waals surface area contributed by atoms with Gasteiger partial charge in [-0.2, -0.15) is 0 Å². The van der Waals surface area contributed by atoms with E-state index in [1.54, 1.807) is 6.07 Å². The van der Waals surface area contributed by atoms with Crippen molar-refractivity contribution in [1.29, 1.82) is 0 Å². The number of amides is 1. The van der Waals surface area contributed by atoms with Gasteiger partial charge in [-0.05, 0) is 11.6 Å². The lowest BCUT2D eigenvalue weighted by molar-refractivity contribution is -0.121. The normalized spacial score (nSPS) is 15.0. The molecule has 0 fully saturated rings. The van der Waals surface area contributed by atoms with E-state index in [1.807, 2.05) is 0 Å². The molecule has 0 radical (unpaired) electrons. The standard InChI is InChI=1S/C9H9FN2O/c10-3-6-1-7-5-12-9(13)2-8(7)11-4-6/h1,4H,2-3,5H2,(H,12,13). The molecule has 3 nitrogen and oxygen atoms in total. The molecule has 1 amide bonds. The summed E-state index contributed by atoms with van der Waals surface area (Å²) in [5.41, 5.74) is 2.26. The molecule has 0 aliphatic carbocycles. The number of pyridine rings is 1. The number of fused-ring (bicyclic) bond motifs is 1. The average Bonchev–Trinajstić information content (AvgIpc) is 2.17. The SMILES string of the molecule is O=C1Cc2ncc(CF)cc2CN1. The van der Waals surface area contributed by atoms with E-state index in [2.05, 4.69) is 10.3 Å². The molecule has 1 aliphatic rings. The molecule has 1 aromatic heterocycles. The highest BCUT2D eigenvalue weighted by Gasteiger charge is 2.15. The van der Waals surface area contributed by atoms with Crippen molar-refractivity contribution in [2.45, 2.75) is 19.6 Å². The van der Waals surface area contributed by atoms with E-state index < -0.39 is 6.67 Å². The Labute approximate surface area is 75.0 Å². The Morgan fingerprint density at radius 1 is 1.62 bits per heavy atom. The fourth-order valence-electron chi connectivity index (χ4n) is 1.38. The minimum Gasteiger partial charge on any atom is -0.352 e. The predicted octanol–water partition coefficient (Wildman–Crippen LogP) is 0.723. The number of halogens is 1. The van der Waals surface area contributed by atoms with Crippen molar-refractivity contribution in [2.75, 3.05) is 0 Å². The van der Waals surface area contributed by atoms with Gasteiger partial charge in [-0.25, -0.2) is 4.39 Å². The Balaban J connectivity index is 2.36. The van der Waals surface area contributed by atoms with Gasteiger partial charge in [0, 0.05) is 18.3 Å². The summed E-state index contributed by atoms with van der Waals surface area (Å²) in [4.78, 5) is 15.0. The van der Waals surface area contributed by atoms with Crippen LogP contribution < -0.4 is 5.32 Å². The first-order valence-electron chi connectivity index (χ1n) is 4.09. The molecule has 1 aromatic rings. The van der Waals surface area contributed by atoms with Gasteiger partial charge in [0.15, 0.2) is 0 Å². The maximum atomic E-state index is 12.2. The van der Waals surface area contributed by atoms with Crippen molar-refractivity contribution in [3.05, 3.63) is 29.1 Å². The van der Waals surface area contributed by atoms with E-state index >= 15 is 0 Å². The van der Waals surface area contributed by atoms with Gasteiger partial charge >= 0.3 is 0 Å². The number of alkyl halides is 1. The van der Waals surface area contributed by atoms with Crippen LogP contribution in [0.25, 0.3) is 0 Å². The van der Waals surface area contributed by atoms with Crippen LogP contribution in [0.1, 0.15) is 16.8 Å². The van der Waals surface area contributed by atoms with E-state index in [1.165, 1.54) is 6.20 Å². The third-order valence-corrected chi connectivity index (χ3v) is 2.07. The molecule has 13 heavy (non-hydrogen) atoms. The number of nitrogens with one attached hydrogen (secondary N) is 1. The van der Waals surface area contributed by atoms with Crippen molar-refractivity contribution in [3.8, 4) is 0 Å². The monoisotopic (exact) mass is 180 g/mol. The van der Waals surface area contributed by atoms with Crippen LogP contribution in [0.3, 0.4) is 0 Å². The van der Waals surface area contributed by atoms with E-state index in [-0.39, 0.29) is 5.91 Å². The van der Waals surface area contributed by atoms with Crippen molar-refractivity contribution in [1.82, 2.24) is 10.3 Å². The first-order valence-corrected chi connectivity index (χ1v) is 4.09. The fraction of sp³-hybridized carbons (Fsp3) is 0.333. The van der Waals surface area contributed by atoms with Crippen LogP contribution in [0.4, 0.5) is 4.39 Å². The van der Waals surface area contributed by atoms with Gasteiger partial charge in [0.2, 0.25) is 5.91 Å². The molecular formula is C9H9FN2O. The molecule has 0 saturated carbocycles. The molecule has 4 heteroatoms. The molecule has 1 aliphatic heterocycles. The summed E-state index contributed by atoms with van der Waals surface area (Å²) in [6.07, 6.45) is 1.79. The van der Waals surface area contributed by atoms with Crippen molar-refractivity contribution in [3.63, 3.8) is 0 Å². The molecule has 0 unspecified atom stereocenters. The first kappa shape index (κ1) is 8.16. The van der Waals surface area contributed by atoms with Gasteiger partial charge < -0.3 is 5.32 Å². The van der Waals surface area contributed by atoms with E-state index in [9.17, 15) is 9.18 Å². The van der Waals surface area contributed by atoms with Gasteiger partial charge in [-0.1, -0.05) is 0 Å². The summed E-state index contributed by atoms with van der Waals surface area (Å²) in [7, 11) is 0. The maximum Gasteiger partial charge on any atom is 0.226 e. The Kier molecular flexibility index (Phi) is 1.96. The van der Waals surface area contributed by atoms with Crippen LogP contribution >= 0.6 is 0 Å². The van der Waals surface area contributed by atoms with E-state index in [0.29, 0.717) is 18.5 Å². The zero-order chi connectivity index (χ0) is 9.26. The lowest BCUT2D eigenvalue weighted by Crippen LogP contribution is -2.31. The minimum absolute atomic E-state index is 0.0204. The summed E-state index contributed by atoms with van der Waals surface area (Å²) < 4.78 is 12.2. The zero-order valence-electron chi connectivity index (χ0n) is 7.01. The van der Waals surface area contributed by atoms with Crippen LogP contribution in [0.5, 0.6) is 0 Å². The average molecular weight is 180 g/mol. The van der Waals surface area contributed by atoms with Crippen LogP contribution in [-0.4, -0.2) is 10.9 Å². The molecule has 1 N–H and O–H groups in total. The summed E-state index contributed by atoms with van der Waals surface area (Å²) in [6, 6.07) is 1.75. The van der Waals surface area contributed by atoms with Gasteiger partial charge in [-0.3, -0.25) is 9.78 Å².